The standard InChI is InChI=1S/C21H21N3O2S/c1-2-14-7-11-16(12-8-14)24-20(26)17-5-3-4-6-18(17)23-21(24)27-13-19(25)22-15-9-10-15/h3-8,11-12,15H,2,9-10,13H2,1H3,(H,22,25). The number of amides is 1. The van der Waals surface area contributed by atoms with Crippen LogP contribution in [0.5, 0.6) is 0 Å². The van der Waals surface area contributed by atoms with Gasteiger partial charge in [0.15, 0.2) is 5.16 Å². The Morgan fingerprint density at radius 3 is 2.63 bits per heavy atom. The highest BCUT2D eigenvalue weighted by Crippen LogP contribution is 2.23. The second-order valence-electron chi connectivity index (χ2n) is 6.70. The molecule has 1 fully saturated rings. The van der Waals surface area contributed by atoms with Crippen molar-refractivity contribution >= 4 is 28.6 Å². The zero-order chi connectivity index (χ0) is 18.8. The Balaban J connectivity index is 1.74. The Morgan fingerprint density at radius 2 is 1.93 bits per heavy atom. The molecule has 0 bridgehead atoms. The summed E-state index contributed by atoms with van der Waals surface area (Å²) in [5, 5.41) is 4.08. The van der Waals surface area contributed by atoms with Gasteiger partial charge in [0.2, 0.25) is 5.91 Å². The number of carbonyl (C=O) groups is 1. The molecule has 1 amide bonds. The molecule has 1 aliphatic carbocycles. The number of fused-ring (bicyclic) bond motifs is 1. The number of para-hydroxylation sites is 1. The molecule has 1 aromatic heterocycles. The van der Waals surface area contributed by atoms with Crippen molar-refractivity contribution in [3.05, 3.63) is 64.4 Å². The molecule has 2 aromatic carbocycles. The average molecular weight is 379 g/mol. The van der Waals surface area contributed by atoms with E-state index in [1.54, 1.807) is 10.6 Å². The molecular formula is C21H21N3O2S. The smallest absolute Gasteiger partial charge is 0.266 e. The maximum Gasteiger partial charge on any atom is 0.266 e. The van der Waals surface area contributed by atoms with Crippen molar-refractivity contribution in [1.29, 1.82) is 0 Å². The van der Waals surface area contributed by atoms with Crippen molar-refractivity contribution in [2.75, 3.05) is 5.75 Å². The summed E-state index contributed by atoms with van der Waals surface area (Å²) in [5.74, 6) is 0.228. The Bertz CT molecular complexity index is 1040. The zero-order valence-corrected chi connectivity index (χ0v) is 16.0. The first-order valence-electron chi connectivity index (χ1n) is 9.19. The Morgan fingerprint density at radius 1 is 1.19 bits per heavy atom. The first-order chi connectivity index (χ1) is 13.2. The molecule has 0 atom stereocenters. The summed E-state index contributed by atoms with van der Waals surface area (Å²) in [6, 6.07) is 15.6. The normalized spacial score (nSPS) is 13.7. The van der Waals surface area contributed by atoms with E-state index in [9.17, 15) is 9.59 Å². The largest absolute Gasteiger partial charge is 0.353 e. The number of rotatable bonds is 6. The van der Waals surface area contributed by atoms with E-state index in [0.717, 1.165) is 24.9 Å². The molecule has 1 heterocycles. The molecule has 27 heavy (non-hydrogen) atoms. The van der Waals surface area contributed by atoms with Crippen LogP contribution < -0.4 is 10.9 Å². The number of hydrogen-bond acceptors (Lipinski definition) is 4. The van der Waals surface area contributed by atoms with Crippen molar-refractivity contribution in [3.63, 3.8) is 0 Å². The third kappa shape index (κ3) is 3.90. The van der Waals surface area contributed by atoms with Crippen LogP contribution in [0.1, 0.15) is 25.3 Å². The van der Waals surface area contributed by atoms with Crippen LogP contribution in [0.2, 0.25) is 0 Å². The van der Waals surface area contributed by atoms with Crippen LogP contribution in [0.3, 0.4) is 0 Å². The maximum absolute atomic E-state index is 13.1. The lowest BCUT2D eigenvalue weighted by molar-refractivity contribution is -0.118. The fourth-order valence-corrected chi connectivity index (χ4v) is 3.77. The number of benzene rings is 2. The molecule has 4 rings (SSSR count). The maximum atomic E-state index is 13.1. The molecule has 5 nitrogen and oxygen atoms in total. The number of thioether (sulfide) groups is 1. The van der Waals surface area contributed by atoms with Gasteiger partial charge in [0.25, 0.3) is 5.56 Å². The van der Waals surface area contributed by atoms with Crippen molar-refractivity contribution in [2.24, 2.45) is 0 Å². The van der Waals surface area contributed by atoms with Gasteiger partial charge in [-0.05, 0) is 49.1 Å². The fourth-order valence-electron chi connectivity index (χ4n) is 2.94. The lowest BCUT2D eigenvalue weighted by Gasteiger charge is -2.13. The van der Waals surface area contributed by atoms with E-state index in [0.29, 0.717) is 22.1 Å². The summed E-state index contributed by atoms with van der Waals surface area (Å²) in [4.78, 5) is 29.9. The molecule has 1 aliphatic rings. The van der Waals surface area contributed by atoms with Gasteiger partial charge < -0.3 is 5.32 Å². The van der Waals surface area contributed by atoms with Crippen molar-refractivity contribution < 1.29 is 4.79 Å². The van der Waals surface area contributed by atoms with E-state index in [1.807, 2.05) is 42.5 Å². The first kappa shape index (κ1) is 17.8. The van der Waals surface area contributed by atoms with Gasteiger partial charge in [0.1, 0.15) is 0 Å². The van der Waals surface area contributed by atoms with Crippen LogP contribution in [0.15, 0.2) is 58.5 Å². The van der Waals surface area contributed by atoms with Crippen LogP contribution in [-0.2, 0) is 11.2 Å². The predicted molar refractivity (Wildman–Crippen MR) is 109 cm³/mol. The molecule has 3 aromatic rings. The van der Waals surface area contributed by atoms with Crippen LogP contribution >= 0.6 is 11.8 Å². The highest BCUT2D eigenvalue weighted by atomic mass is 32.2. The number of hydrogen-bond donors (Lipinski definition) is 1. The highest BCUT2D eigenvalue weighted by molar-refractivity contribution is 7.99. The Kier molecular flexibility index (Phi) is 4.99. The van der Waals surface area contributed by atoms with E-state index in [2.05, 4.69) is 17.2 Å². The number of carbonyl (C=O) groups excluding carboxylic acids is 1. The molecule has 138 valence electrons. The number of aryl methyl sites for hydroxylation is 1. The Hall–Kier alpha value is -2.60. The van der Waals surface area contributed by atoms with Crippen molar-refractivity contribution in [2.45, 2.75) is 37.4 Å². The van der Waals surface area contributed by atoms with Crippen LogP contribution in [0, 0.1) is 0 Å². The summed E-state index contributed by atoms with van der Waals surface area (Å²) < 4.78 is 1.61. The summed E-state index contributed by atoms with van der Waals surface area (Å²) >= 11 is 1.30. The van der Waals surface area contributed by atoms with Crippen molar-refractivity contribution in [1.82, 2.24) is 14.9 Å². The molecule has 0 radical (unpaired) electrons. The summed E-state index contributed by atoms with van der Waals surface area (Å²) in [7, 11) is 0. The van der Waals surface area contributed by atoms with Crippen LogP contribution in [-0.4, -0.2) is 27.3 Å². The molecule has 1 N–H and O–H groups in total. The number of aromatic nitrogens is 2. The minimum Gasteiger partial charge on any atom is -0.353 e. The number of nitrogens with one attached hydrogen (secondary N) is 1. The van der Waals surface area contributed by atoms with Gasteiger partial charge in [-0.2, -0.15) is 0 Å². The van der Waals surface area contributed by atoms with Crippen molar-refractivity contribution in [3.8, 4) is 5.69 Å². The molecule has 0 saturated heterocycles. The Labute approximate surface area is 161 Å². The second kappa shape index (κ2) is 7.56. The lowest BCUT2D eigenvalue weighted by atomic mass is 10.1. The summed E-state index contributed by atoms with van der Waals surface area (Å²) in [6.07, 6.45) is 3.05. The van der Waals surface area contributed by atoms with E-state index in [4.69, 9.17) is 0 Å². The summed E-state index contributed by atoms with van der Waals surface area (Å²) in [5.41, 5.74) is 2.50. The molecule has 1 saturated carbocycles. The van der Waals surface area contributed by atoms with Gasteiger partial charge in [-0.1, -0.05) is 43.0 Å². The summed E-state index contributed by atoms with van der Waals surface area (Å²) in [6.45, 7) is 2.10. The highest BCUT2D eigenvalue weighted by Gasteiger charge is 2.23. The molecule has 6 heteroatoms. The molecular weight excluding hydrogens is 358 g/mol. The lowest BCUT2D eigenvalue weighted by Crippen LogP contribution is -2.28. The predicted octanol–water partition coefficient (Wildman–Crippen LogP) is 3.32. The monoisotopic (exact) mass is 379 g/mol. The van der Waals surface area contributed by atoms with E-state index in [-0.39, 0.29) is 17.2 Å². The fraction of sp³-hybridized carbons (Fsp3) is 0.286. The third-order valence-corrected chi connectivity index (χ3v) is 5.56. The van der Waals surface area contributed by atoms with E-state index < -0.39 is 0 Å². The van der Waals surface area contributed by atoms with Crippen LogP contribution in [0.4, 0.5) is 0 Å². The molecule has 0 spiro atoms. The van der Waals surface area contributed by atoms with Gasteiger partial charge in [-0.15, -0.1) is 0 Å². The zero-order valence-electron chi connectivity index (χ0n) is 15.1. The second-order valence-corrected chi connectivity index (χ2v) is 7.65. The molecule has 0 aliphatic heterocycles. The minimum absolute atomic E-state index is 0.0159. The third-order valence-electron chi connectivity index (χ3n) is 4.62. The SMILES string of the molecule is CCc1ccc(-n2c(SCC(=O)NC3CC3)nc3ccccc3c2=O)cc1. The van der Waals surface area contributed by atoms with Gasteiger partial charge in [0, 0.05) is 6.04 Å². The minimum atomic E-state index is -0.116. The topological polar surface area (TPSA) is 64.0 Å². The van der Waals surface area contributed by atoms with Gasteiger partial charge in [-0.3, -0.25) is 14.2 Å². The van der Waals surface area contributed by atoms with E-state index in [1.165, 1.54) is 17.3 Å². The van der Waals surface area contributed by atoms with Gasteiger partial charge in [-0.25, -0.2) is 4.98 Å². The number of nitrogens with zero attached hydrogens (tertiary/aromatic N) is 2. The quantitative estimate of drug-likeness (QED) is 0.527. The average Bonchev–Trinajstić information content (AvgIpc) is 3.51. The first-order valence-corrected chi connectivity index (χ1v) is 10.2. The van der Waals surface area contributed by atoms with Gasteiger partial charge in [0.05, 0.1) is 22.3 Å². The van der Waals surface area contributed by atoms with Crippen LogP contribution in [0.25, 0.3) is 16.6 Å². The van der Waals surface area contributed by atoms with E-state index >= 15 is 0 Å². The van der Waals surface area contributed by atoms with Gasteiger partial charge >= 0.3 is 0 Å². The molecule has 0 unspecified atom stereocenters.